The fourth-order valence-corrected chi connectivity index (χ4v) is 2.11. The van der Waals surface area contributed by atoms with E-state index in [4.69, 9.17) is 11.6 Å². The molecule has 2 aromatic rings. The second kappa shape index (κ2) is 4.89. The summed E-state index contributed by atoms with van der Waals surface area (Å²) in [7, 11) is 1.75. The Morgan fingerprint density at radius 1 is 1.47 bits per heavy atom. The van der Waals surface area contributed by atoms with Crippen molar-refractivity contribution in [1.29, 1.82) is 0 Å². The fourth-order valence-electron chi connectivity index (χ4n) is 1.84. The lowest BCUT2D eigenvalue weighted by Gasteiger charge is -2.13. The Kier molecular flexibility index (Phi) is 3.49. The van der Waals surface area contributed by atoms with Gasteiger partial charge in [-0.15, -0.1) is 0 Å². The zero-order valence-corrected chi connectivity index (χ0v) is 10.6. The maximum atomic E-state index is 10.3. The Morgan fingerprint density at radius 3 is 2.82 bits per heavy atom. The molecule has 0 spiro atoms. The van der Waals surface area contributed by atoms with Crippen LogP contribution in [-0.4, -0.2) is 24.7 Å². The predicted molar refractivity (Wildman–Crippen MR) is 64.8 cm³/mol. The first kappa shape index (κ1) is 12.1. The summed E-state index contributed by atoms with van der Waals surface area (Å²) in [5, 5.41) is 19.0. The quantitative estimate of drug-likeness (QED) is 0.905. The minimum atomic E-state index is -0.802. The average molecular weight is 255 g/mol. The normalized spacial score (nSPS) is 12.9. The van der Waals surface area contributed by atoms with Crippen LogP contribution in [0.15, 0.2) is 18.5 Å². The van der Waals surface area contributed by atoms with Gasteiger partial charge >= 0.3 is 0 Å². The lowest BCUT2D eigenvalue weighted by atomic mass is 10.2. The van der Waals surface area contributed by atoms with Gasteiger partial charge in [0.2, 0.25) is 0 Å². The van der Waals surface area contributed by atoms with Crippen molar-refractivity contribution in [2.75, 3.05) is 0 Å². The van der Waals surface area contributed by atoms with Crippen LogP contribution in [0.4, 0.5) is 0 Å². The lowest BCUT2D eigenvalue weighted by molar-refractivity contribution is 0.197. The Morgan fingerprint density at radius 2 is 2.24 bits per heavy atom. The molecule has 0 saturated heterocycles. The zero-order valence-electron chi connectivity index (χ0n) is 9.84. The van der Waals surface area contributed by atoms with Gasteiger partial charge in [0.1, 0.15) is 6.10 Å². The molecule has 0 aliphatic carbocycles. The number of nitrogens with zero attached hydrogens (tertiary/aromatic N) is 4. The third-order valence-corrected chi connectivity index (χ3v) is 2.95. The van der Waals surface area contributed by atoms with Crippen molar-refractivity contribution < 1.29 is 5.11 Å². The van der Waals surface area contributed by atoms with Gasteiger partial charge < -0.3 is 5.11 Å². The van der Waals surface area contributed by atoms with Crippen LogP contribution in [0.1, 0.15) is 30.8 Å². The van der Waals surface area contributed by atoms with Gasteiger partial charge in [0.05, 0.1) is 22.6 Å². The van der Waals surface area contributed by atoms with E-state index < -0.39 is 6.10 Å². The SMILES string of the molecule is CCCn1nccc1C(O)c1c(Cl)cnn1C. The minimum absolute atomic E-state index is 0.462. The number of hydrogen-bond donors (Lipinski definition) is 1. The highest BCUT2D eigenvalue weighted by molar-refractivity contribution is 6.31. The Balaban J connectivity index is 2.37. The molecule has 2 aromatic heterocycles. The van der Waals surface area contributed by atoms with Gasteiger partial charge in [0.15, 0.2) is 0 Å². The standard InChI is InChI=1S/C11H15ClN4O/c1-3-6-16-9(4-5-13-16)11(17)10-8(12)7-14-15(10)2/h4-5,7,11,17H,3,6H2,1-2H3. The molecular formula is C11H15ClN4O. The highest BCUT2D eigenvalue weighted by Gasteiger charge is 2.21. The van der Waals surface area contributed by atoms with E-state index in [2.05, 4.69) is 17.1 Å². The summed E-state index contributed by atoms with van der Waals surface area (Å²) in [5.41, 5.74) is 1.32. The number of aliphatic hydroxyl groups is 1. The van der Waals surface area contributed by atoms with E-state index in [1.54, 1.807) is 28.7 Å². The molecule has 0 aromatic carbocycles. The smallest absolute Gasteiger partial charge is 0.139 e. The highest BCUT2D eigenvalue weighted by Crippen LogP contribution is 2.27. The van der Waals surface area contributed by atoms with E-state index in [-0.39, 0.29) is 0 Å². The molecule has 1 unspecified atom stereocenters. The second-order valence-corrected chi connectivity index (χ2v) is 4.29. The first-order chi connectivity index (χ1) is 8.15. The molecule has 0 fully saturated rings. The van der Waals surface area contributed by atoms with E-state index in [1.807, 2.05) is 0 Å². The molecule has 1 atom stereocenters. The van der Waals surface area contributed by atoms with Crippen LogP contribution in [0.5, 0.6) is 0 Å². The van der Waals surface area contributed by atoms with Crippen LogP contribution in [-0.2, 0) is 13.6 Å². The molecule has 92 valence electrons. The summed E-state index contributed by atoms with van der Waals surface area (Å²) in [4.78, 5) is 0. The molecule has 2 rings (SSSR count). The van der Waals surface area contributed by atoms with Crippen LogP contribution >= 0.6 is 11.6 Å². The molecule has 1 N–H and O–H groups in total. The first-order valence-corrected chi connectivity index (χ1v) is 5.90. The Labute approximate surface area is 105 Å². The van der Waals surface area contributed by atoms with Crippen molar-refractivity contribution in [2.24, 2.45) is 7.05 Å². The summed E-state index contributed by atoms with van der Waals surface area (Å²) in [6.45, 7) is 2.84. The summed E-state index contributed by atoms with van der Waals surface area (Å²) in [6, 6.07) is 1.80. The summed E-state index contributed by atoms with van der Waals surface area (Å²) >= 11 is 6.01. The summed E-state index contributed by atoms with van der Waals surface area (Å²) in [5.74, 6) is 0. The molecule has 0 aliphatic rings. The molecule has 6 heteroatoms. The second-order valence-electron chi connectivity index (χ2n) is 3.88. The summed E-state index contributed by atoms with van der Waals surface area (Å²) < 4.78 is 3.37. The topological polar surface area (TPSA) is 55.9 Å². The van der Waals surface area contributed by atoms with Gasteiger partial charge in [-0.05, 0) is 12.5 Å². The molecule has 5 nitrogen and oxygen atoms in total. The van der Waals surface area contributed by atoms with Crippen molar-refractivity contribution in [1.82, 2.24) is 19.6 Å². The molecule has 17 heavy (non-hydrogen) atoms. The van der Waals surface area contributed by atoms with Crippen molar-refractivity contribution in [2.45, 2.75) is 26.0 Å². The van der Waals surface area contributed by atoms with Crippen molar-refractivity contribution in [3.63, 3.8) is 0 Å². The van der Waals surface area contributed by atoms with Crippen molar-refractivity contribution >= 4 is 11.6 Å². The maximum absolute atomic E-state index is 10.3. The maximum Gasteiger partial charge on any atom is 0.139 e. The third-order valence-electron chi connectivity index (χ3n) is 2.66. The van der Waals surface area contributed by atoms with Gasteiger partial charge in [-0.1, -0.05) is 18.5 Å². The van der Waals surface area contributed by atoms with Crippen LogP contribution in [0.25, 0.3) is 0 Å². The number of aryl methyl sites for hydroxylation is 2. The molecule has 0 radical (unpaired) electrons. The largest absolute Gasteiger partial charge is 0.380 e. The Bertz CT molecular complexity index is 486. The number of rotatable bonds is 4. The zero-order chi connectivity index (χ0) is 12.4. The van der Waals surface area contributed by atoms with E-state index in [9.17, 15) is 5.11 Å². The van der Waals surface area contributed by atoms with E-state index in [1.165, 1.54) is 6.20 Å². The molecule has 0 amide bonds. The van der Waals surface area contributed by atoms with Crippen LogP contribution in [0.3, 0.4) is 0 Å². The first-order valence-electron chi connectivity index (χ1n) is 5.52. The average Bonchev–Trinajstić information content (AvgIpc) is 2.86. The molecule has 2 heterocycles. The minimum Gasteiger partial charge on any atom is -0.380 e. The van der Waals surface area contributed by atoms with Crippen LogP contribution in [0.2, 0.25) is 5.02 Å². The van der Waals surface area contributed by atoms with Gasteiger partial charge in [0, 0.05) is 19.8 Å². The number of hydrogen-bond acceptors (Lipinski definition) is 3. The summed E-state index contributed by atoms with van der Waals surface area (Å²) in [6.07, 6.45) is 3.36. The monoisotopic (exact) mass is 254 g/mol. The molecule has 0 bridgehead atoms. The number of aliphatic hydroxyl groups excluding tert-OH is 1. The number of halogens is 1. The van der Waals surface area contributed by atoms with Crippen LogP contribution < -0.4 is 0 Å². The van der Waals surface area contributed by atoms with Gasteiger partial charge in [-0.2, -0.15) is 10.2 Å². The van der Waals surface area contributed by atoms with Crippen molar-refractivity contribution in [3.05, 3.63) is 34.9 Å². The van der Waals surface area contributed by atoms with E-state index in [0.717, 1.165) is 18.7 Å². The van der Waals surface area contributed by atoms with Gasteiger partial charge in [0.25, 0.3) is 0 Å². The highest BCUT2D eigenvalue weighted by atomic mass is 35.5. The van der Waals surface area contributed by atoms with Gasteiger partial charge in [-0.25, -0.2) is 0 Å². The molecule has 0 saturated carbocycles. The molecule has 0 aliphatic heterocycles. The third kappa shape index (κ3) is 2.21. The Hall–Kier alpha value is -1.33. The number of aromatic nitrogens is 4. The lowest BCUT2D eigenvalue weighted by Crippen LogP contribution is -2.13. The van der Waals surface area contributed by atoms with Gasteiger partial charge in [-0.3, -0.25) is 9.36 Å². The predicted octanol–water partition coefficient (Wildman–Crippen LogP) is 1.76. The van der Waals surface area contributed by atoms with E-state index >= 15 is 0 Å². The fraction of sp³-hybridized carbons (Fsp3) is 0.455. The van der Waals surface area contributed by atoms with Crippen molar-refractivity contribution in [3.8, 4) is 0 Å². The van der Waals surface area contributed by atoms with Crippen LogP contribution in [0, 0.1) is 0 Å². The molecular weight excluding hydrogens is 240 g/mol. The van der Waals surface area contributed by atoms with E-state index in [0.29, 0.717) is 10.7 Å².